The molecule has 0 bridgehead atoms. The minimum absolute atomic E-state index is 0.0400. The molecule has 2 aromatic carbocycles. The molecule has 2 aromatic rings. The van der Waals surface area contributed by atoms with Crippen LogP contribution in [0.25, 0.3) is 0 Å². The van der Waals surface area contributed by atoms with E-state index < -0.39 is 0 Å². The minimum Gasteiger partial charge on any atom is -0.497 e. The van der Waals surface area contributed by atoms with Crippen LogP contribution in [0.5, 0.6) is 5.75 Å². The highest BCUT2D eigenvalue weighted by atomic mass is 16.7. The van der Waals surface area contributed by atoms with E-state index in [2.05, 4.69) is 5.48 Å². The van der Waals surface area contributed by atoms with Crippen LogP contribution in [0.15, 0.2) is 54.6 Å². The van der Waals surface area contributed by atoms with Crippen molar-refractivity contribution in [1.82, 2.24) is 5.48 Å². The fourth-order valence-electron chi connectivity index (χ4n) is 2.18. The second-order valence-corrected chi connectivity index (χ2v) is 5.09. The fraction of sp³-hybridized carbons (Fsp3) is 0.333. The van der Waals surface area contributed by atoms with Crippen molar-refractivity contribution < 1.29 is 14.3 Å². The van der Waals surface area contributed by atoms with E-state index in [0.29, 0.717) is 6.61 Å². The molecule has 0 saturated heterocycles. The summed E-state index contributed by atoms with van der Waals surface area (Å²) < 4.78 is 10.5. The SMILES string of the molecule is COC[C@@H](ON[C@@H](C)c1cccc(OC)c1)c1ccccc1. The van der Waals surface area contributed by atoms with E-state index in [0.717, 1.165) is 16.9 Å². The zero-order chi connectivity index (χ0) is 15.8. The quantitative estimate of drug-likeness (QED) is 0.755. The van der Waals surface area contributed by atoms with Crippen molar-refractivity contribution in [3.63, 3.8) is 0 Å². The van der Waals surface area contributed by atoms with Crippen LogP contribution in [0, 0.1) is 0 Å². The van der Waals surface area contributed by atoms with Gasteiger partial charge in [0, 0.05) is 7.11 Å². The molecule has 1 N–H and O–H groups in total. The lowest BCUT2D eigenvalue weighted by Crippen LogP contribution is -2.24. The largest absolute Gasteiger partial charge is 0.497 e. The van der Waals surface area contributed by atoms with Gasteiger partial charge in [-0.1, -0.05) is 42.5 Å². The van der Waals surface area contributed by atoms with Crippen LogP contribution in [0.3, 0.4) is 0 Å². The van der Waals surface area contributed by atoms with Crippen LogP contribution in [0.1, 0.15) is 30.2 Å². The second-order valence-electron chi connectivity index (χ2n) is 5.09. The fourth-order valence-corrected chi connectivity index (χ4v) is 2.18. The van der Waals surface area contributed by atoms with E-state index in [1.54, 1.807) is 14.2 Å². The summed E-state index contributed by atoms with van der Waals surface area (Å²) in [6, 6.07) is 18.0. The molecular formula is C18H23NO3. The van der Waals surface area contributed by atoms with Crippen LogP contribution in [0.2, 0.25) is 0 Å². The number of hydroxylamine groups is 1. The summed E-state index contributed by atoms with van der Waals surface area (Å²) in [4.78, 5) is 5.84. The van der Waals surface area contributed by atoms with Crippen molar-refractivity contribution in [1.29, 1.82) is 0 Å². The Bertz CT molecular complexity index is 559. The maximum Gasteiger partial charge on any atom is 0.127 e. The first-order valence-corrected chi connectivity index (χ1v) is 7.33. The average molecular weight is 301 g/mol. The van der Waals surface area contributed by atoms with Crippen molar-refractivity contribution in [2.75, 3.05) is 20.8 Å². The molecule has 0 saturated carbocycles. The summed E-state index contributed by atoms with van der Waals surface area (Å²) in [6.07, 6.45) is -0.153. The number of nitrogens with one attached hydrogen (secondary N) is 1. The van der Waals surface area contributed by atoms with E-state index in [1.165, 1.54) is 0 Å². The van der Waals surface area contributed by atoms with Crippen LogP contribution in [-0.2, 0) is 9.57 Å². The van der Waals surface area contributed by atoms with Crippen molar-refractivity contribution in [3.05, 3.63) is 65.7 Å². The number of rotatable bonds is 8. The van der Waals surface area contributed by atoms with E-state index in [4.69, 9.17) is 14.3 Å². The highest BCUT2D eigenvalue weighted by Crippen LogP contribution is 2.21. The van der Waals surface area contributed by atoms with Crippen molar-refractivity contribution in [3.8, 4) is 5.75 Å². The highest BCUT2D eigenvalue weighted by Gasteiger charge is 2.14. The molecule has 2 atom stereocenters. The maximum absolute atomic E-state index is 5.84. The molecule has 0 aromatic heterocycles. The number of hydrogen-bond acceptors (Lipinski definition) is 4. The molecule has 118 valence electrons. The van der Waals surface area contributed by atoms with Crippen LogP contribution in [0.4, 0.5) is 0 Å². The van der Waals surface area contributed by atoms with E-state index in [9.17, 15) is 0 Å². The smallest absolute Gasteiger partial charge is 0.127 e. The summed E-state index contributed by atoms with van der Waals surface area (Å²) in [5.74, 6) is 0.836. The van der Waals surface area contributed by atoms with E-state index in [1.807, 2.05) is 61.5 Å². The third kappa shape index (κ3) is 4.56. The summed E-state index contributed by atoms with van der Waals surface area (Å²) >= 11 is 0. The minimum atomic E-state index is -0.153. The number of benzene rings is 2. The van der Waals surface area contributed by atoms with Crippen LogP contribution < -0.4 is 10.2 Å². The van der Waals surface area contributed by atoms with Crippen LogP contribution in [-0.4, -0.2) is 20.8 Å². The van der Waals surface area contributed by atoms with Gasteiger partial charge in [0.05, 0.1) is 19.8 Å². The molecule has 0 fully saturated rings. The van der Waals surface area contributed by atoms with Crippen molar-refractivity contribution in [2.45, 2.75) is 19.1 Å². The molecule has 0 spiro atoms. The van der Waals surface area contributed by atoms with Gasteiger partial charge in [0.1, 0.15) is 11.9 Å². The van der Waals surface area contributed by atoms with Crippen molar-refractivity contribution in [2.24, 2.45) is 0 Å². The monoisotopic (exact) mass is 301 g/mol. The molecule has 4 heteroatoms. The first-order chi connectivity index (χ1) is 10.7. The molecule has 0 amide bonds. The lowest BCUT2D eigenvalue weighted by Gasteiger charge is -2.21. The topological polar surface area (TPSA) is 39.7 Å². The Hall–Kier alpha value is -1.88. The second kappa shape index (κ2) is 8.54. The molecule has 0 heterocycles. The zero-order valence-electron chi connectivity index (χ0n) is 13.3. The molecule has 0 aliphatic rings. The van der Waals surface area contributed by atoms with Gasteiger partial charge in [-0.2, -0.15) is 5.48 Å². The highest BCUT2D eigenvalue weighted by molar-refractivity contribution is 5.30. The first-order valence-electron chi connectivity index (χ1n) is 7.33. The summed E-state index contributed by atoms with van der Waals surface area (Å²) in [5, 5.41) is 0. The lowest BCUT2D eigenvalue weighted by molar-refractivity contribution is -0.0743. The third-order valence-corrected chi connectivity index (χ3v) is 3.47. The Labute approximate surface area is 132 Å². The summed E-state index contributed by atoms with van der Waals surface area (Å²) in [5.41, 5.74) is 5.28. The Balaban J connectivity index is 1.99. The summed E-state index contributed by atoms with van der Waals surface area (Å²) in [6.45, 7) is 2.53. The molecule has 4 nitrogen and oxygen atoms in total. The molecule has 2 rings (SSSR count). The Morgan fingerprint density at radius 2 is 1.68 bits per heavy atom. The Kier molecular flexibility index (Phi) is 6.40. The van der Waals surface area contributed by atoms with Gasteiger partial charge in [-0.25, -0.2) is 0 Å². The lowest BCUT2D eigenvalue weighted by atomic mass is 10.1. The van der Waals surface area contributed by atoms with Gasteiger partial charge in [-0.3, -0.25) is 4.84 Å². The first kappa shape index (κ1) is 16.5. The number of ether oxygens (including phenoxy) is 2. The normalized spacial score (nSPS) is 13.6. The summed E-state index contributed by atoms with van der Waals surface area (Å²) in [7, 11) is 3.34. The van der Waals surface area contributed by atoms with Gasteiger partial charge in [0.15, 0.2) is 0 Å². The molecule has 0 unspecified atom stereocenters. The van der Waals surface area contributed by atoms with Gasteiger partial charge in [0.25, 0.3) is 0 Å². The standard InChI is InChI=1S/C18H23NO3/c1-14(16-10-7-11-17(12-16)21-3)19-22-18(13-20-2)15-8-5-4-6-9-15/h4-12,14,18-19H,13H2,1-3H3/t14-,18+/m0/s1. The molecule has 0 radical (unpaired) electrons. The zero-order valence-corrected chi connectivity index (χ0v) is 13.3. The molecular weight excluding hydrogens is 278 g/mol. The molecule has 0 aliphatic carbocycles. The molecule has 0 aliphatic heterocycles. The van der Waals surface area contributed by atoms with Gasteiger partial charge < -0.3 is 9.47 Å². The van der Waals surface area contributed by atoms with Crippen LogP contribution >= 0.6 is 0 Å². The van der Waals surface area contributed by atoms with E-state index in [-0.39, 0.29) is 12.1 Å². The van der Waals surface area contributed by atoms with Gasteiger partial charge in [0.2, 0.25) is 0 Å². The van der Waals surface area contributed by atoms with Gasteiger partial charge >= 0.3 is 0 Å². The predicted molar refractivity (Wildman–Crippen MR) is 86.7 cm³/mol. The number of hydrogen-bond donors (Lipinski definition) is 1. The number of methoxy groups -OCH3 is 2. The van der Waals surface area contributed by atoms with Gasteiger partial charge in [-0.05, 0) is 30.2 Å². The molecule has 22 heavy (non-hydrogen) atoms. The Morgan fingerprint density at radius 3 is 2.36 bits per heavy atom. The maximum atomic E-state index is 5.84. The van der Waals surface area contributed by atoms with Gasteiger partial charge in [-0.15, -0.1) is 0 Å². The third-order valence-electron chi connectivity index (χ3n) is 3.47. The Morgan fingerprint density at radius 1 is 0.955 bits per heavy atom. The van der Waals surface area contributed by atoms with E-state index >= 15 is 0 Å². The predicted octanol–water partition coefficient (Wildman–Crippen LogP) is 3.67. The van der Waals surface area contributed by atoms with Crippen molar-refractivity contribution >= 4 is 0 Å². The average Bonchev–Trinajstić information content (AvgIpc) is 2.59.